The van der Waals surface area contributed by atoms with Crippen molar-refractivity contribution in [2.75, 3.05) is 0 Å². The van der Waals surface area contributed by atoms with E-state index in [1.165, 1.54) is 6.92 Å². The number of hydrogen-bond acceptors (Lipinski definition) is 8. The zero-order chi connectivity index (χ0) is 28.8. The van der Waals surface area contributed by atoms with E-state index < -0.39 is 69.5 Å². The molecule has 7 rings (SSSR count). The Balaban J connectivity index is 1.45. The van der Waals surface area contributed by atoms with Crippen molar-refractivity contribution in [2.24, 2.45) is 45.8 Å². The summed E-state index contributed by atoms with van der Waals surface area (Å²) in [4.78, 5) is 39.9. The van der Waals surface area contributed by atoms with Crippen molar-refractivity contribution in [1.82, 2.24) is 0 Å². The summed E-state index contributed by atoms with van der Waals surface area (Å²) in [6.45, 7) is 13.1. The van der Waals surface area contributed by atoms with Gasteiger partial charge in [-0.3, -0.25) is 9.59 Å². The van der Waals surface area contributed by atoms with Gasteiger partial charge in [-0.05, 0) is 46.5 Å². The molecule has 216 valence electrons. The minimum atomic E-state index is -1.19. The van der Waals surface area contributed by atoms with Crippen LogP contribution in [0, 0.1) is 45.8 Å². The van der Waals surface area contributed by atoms with E-state index in [0.29, 0.717) is 24.8 Å². The van der Waals surface area contributed by atoms with Crippen molar-refractivity contribution >= 4 is 17.9 Å². The van der Waals surface area contributed by atoms with Crippen molar-refractivity contribution in [3.05, 3.63) is 36.0 Å². The molecule has 2 aliphatic heterocycles. The molecule has 0 aromatic rings. The van der Waals surface area contributed by atoms with Crippen LogP contribution in [0.4, 0.5) is 0 Å². The van der Waals surface area contributed by atoms with Gasteiger partial charge in [0.1, 0.15) is 18.3 Å². The quantitative estimate of drug-likeness (QED) is 0.220. The number of rotatable bonds is 1. The molecule has 40 heavy (non-hydrogen) atoms. The standard InChI is InChI=1S/C32H40O8/c1-15-7-8-19-21(15)24-22(20(38-17(3)33)13-29(19,5)36)32(27(35)40-24)14-31-12-11-28(32,4)25(31)23-18(9-10-30(31,6)37)16(2)26(34)39-23/h7,11-12,18-25,36-37H,2,8-10,13-14H2,1,3-6H3/t18-,19-,20+,21+,22+,23-,24+,25-,28+,29+,30+,31-,32-/m0/s1. The van der Waals surface area contributed by atoms with Gasteiger partial charge in [0.25, 0.3) is 0 Å². The zero-order valence-corrected chi connectivity index (χ0v) is 23.9. The largest absolute Gasteiger partial charge is 0.462 e. The van der Waals surface area contributed by atoms with Crippen molar-refractivity contribution in [1.29, 1.82) is 0 Å². The third kappa shape index (κ3) is 2.83. The highest BCUT2D eigenvalue weighted by Gasteiger charge is 2.84. The molecule has 0 amide bonds. The second kappa shape index (κ2) is 7.68. The van der Waals surface area contributed by atoms with Crippen LogP contribution in [-0.2, 0) is 28.6 Å². The van der Waals surface area contributed by atoms with Gasteiger partial charge in [0, 0.05) is 53.4 Å². The molecule has 0 unspecified atom stereocenters. The van der Waals surface area contributed by atoms with Gasteiger partial charge in [-0.25, -0.2) is 4.79 Å². The predicted molar refractivity (Wildman–Crippen MR) is 142 cm³/mol. The van der Waals surface area contributed by atoms with Crippen LogP contribution in [0.3, 0.4) is 0 Å². The van der Waals surface area contributed by atoms with Gasteiger partial charge in [0.2, 0.25) is 0 Å². The molecule has 3 saturated carbocycles. The number of aliphatic hydroxyl groups is 2. The van der Waals surface area contributed by atoms with E-state index in [0.717, 1.165) is 5.57 Å². The van der Waals surface area contributed by atoms with Crippen molar-refractivity contribution < 1.29 is 38.8 Å². The summed E-state index contributed by atoms with van der Waals surface area (Å²) in [5.74, 6) is -2.84. The summed E-state index contributed by atoms with van der Waals surface area (Å²) in [6, 6.07) is 0. The second-order valence-electron chi connectivity index (χ2n) is 14.5. The maximum absolute atomic E-state index is 14.5. The van der Waals surface area contributed by atoms with Gasteiger partial charge in [-0.2, -0.15) is 0 Å². The molecule has 2 saturated heterocycles. The molecule has 0 radical (unpaired) electrons. The average molecular weight is 553 g/mol. The lowest BCUT2D eigenvalue weighted by Gasteiger charge is -2.46. The lowest BCUT2D eigenvalue weighted by Crippen LogP contribution is -2.53. The Morgan fingerprint density at radius 3 is 2.55 bits per heavy atom. The van der Waals surface area contributed by atoms with E-state index >= 15 is 0 Å². The number of esters is 3. The molecule has 0 aromatic heterocycles. The van der Waals surface area contributed by atoms with Gasteiger partial charge in [-0.15, -0.1) is 0 Å². The van der Waals surface area contributed by atoms with E-state index in [1.54, 1.807) is 6.92 Å². The summed E-state index contributed by atoms with van der Waals surface area (Å²) in [6.07, 6.45) is 6.43. The summed E-state index contributed by atoms with van der Waals surface area (Å²) < 4.78 is 18.5. The molecule has 1 spiro atoms. The molecule has 5 aliphatic carbocycles. The molecule has 8 nitrogen and oxygen atoms in total. The normalized spacial score (nSPS) is 55.6. The summed E-state index contributed by atoms with van der Waals surface area (Å²) >= 11 is 0. The van der Waals surface area contributed by atoms with Crippen LogP contribution in [0.2, 0.25) is 0 Å². The smallest absolute Gasteiger partial charge is 0.334 e. The topological polar surface area (TPSA) is 119 Å². The Bertz CT molecular complexity index is 1310. The Morgan fingerprint density at radius 1 is 1.12 bits per heavy atom. The molecule has 2 N–H and O–H groups in total. The molecular weight excluding hydrogens is 512 g/mol. The van der Waals surface area contributed by atoms with Gasteiger partial charge >= 0.3 is 17.9 Å². The first-order valence-electron chi connectivity index (χ1n) is 14.7. The fraction of sp³-hybridized carbons (Fsp3) is 0.719. The number of allylic oxidation sites excluding steroid dienone is 2. The lowest BCUT2D eigenvalue weighted by molar-refractivity contribution is -0.165. The maximum atomic E-state index is 14.5. The SMILES string of the molecule is C=C1C(=O)O[C@@H]2[C@@H]3[C@@]4(C=C[C@@]3(C)[C@]3(C4)C(=O)O[C@@H]4[C@@H]5C(C)=CC[C@@H]5[C@](C)(O)C[C@@H](OC(C)=O)[C@H]43)[C@](C)(O)CC[C@@H]12. The number of carbonyl (C=O) groups is 3. The van der Waals surface area contributed by atoms with E-state index in [-0.39, 0.29) is 36.6 Å². The van der Waals surface area contributed by atoms with E-state index in [2.05, 4.69) is 18.7 Å². The Hall–Kier alpha value is -2.45. The number of fused-ring (bicyclic) bond motifs is 6. The third-order valence-electron chi connectivity index (χ3n) is 12.8. The molecule has 7 aliphatic rings. The first-order valence-corrected chi connectivity index (χ1v) is 14.7. The molecule has 5 fully saturated rings. The average Bonchev–Trinajstić information content (AvgIpc) is 3.56. The van der Waals surface area contributed by atoms with Gasteiger partial charge in [0.05, 0.1) is 22.5 Å². The fourth-order valence-corrected chi connectivity index (χ4v) is 11.0. The molecule has 0 aromatic carbocycles. The Labute approximate surface area is 234 Å². The van der Waals surface area contributed by atoms with Crippen LogP contribution in [0.25, 0.3) is 0 Å². The number of carbonyl (C=O) groups excluding carboxylic acids is 3. The molecule has 13 atom stereocenters. The molecule has 2 heterocycles. The third-order valence-corrected chi connectivity index (χ3v) is 12.8. The van der Waals surface area contributed by atoms with Crippen LogP contribution >= 0.6 is 0 Å². The van der Waals surface area contributed by atoms with Crippen LogP contribution < -0.4 is 0 Å². The minimum absolute atomic E-state index is 0.180. The minimum Gasteiger partial charge on any atom is -0.462 e. The zero-order valence-electron chi connectivity index (χ0n) is 23.9. The lowest BCUT2D eigenvalue weighted by atomic mass is 9.54. The first-order chi connectivity index (χ1) is 18.6. The van der Waals surface area contributed by atoms with E-state index in [4.69, 9.17) is 14.2 Å². The number of hydrogen-bond donors (Lipinski definition) is 2. The van der Waals surface area contributed by atoms with Crippen LogP contribution in [0.15, 0.2) is 36.0 Å². The highest BCUT2D eigenvalue weighted by atomic mass is 16.6. The highest BCUT2D eigenvalue weighted by Crippen LogP contribution is 2.80. The Morgan fingerprint density at radius 2 is 1.85 bits per heavy atom. The maximum Gasteiger partial charge on any atom is 0.334 e. The van der Waals surface area contributed by atoms with Crippen LogP contribution in [0.1, 0.15) is 66.7 Å². The van der Waals surface area contributed by atoms with Crippen LogP contribution in [-0.4, -0.2) is 57.6 Å². The van der Waals surface area contributed by atoms with Crippen molar-refractivity contribution in [3.63, 3.8) is 0 Å². The van der Waals surface area contributed by atoms with Crippen molar-refractivity contribution in [2.45, 2.75) is 96.2 Å². The van der Waals surface area contributed by atoms with Crippen LogP contribution in [0.5, 0.6) is 0 Å². The van der Waals surface area contributed by atoms with Gasteiger partial charge in [-0.1, -0.05) is 37.3 Å². The van der Waals surface area contributed by atoms with Crippen molar-refractivity contribution in [3.8, 4) is 0 Å². The second-order valence-corrected chi connectivity index (χ2v) is 14.5. The van der Waals surface area contributed by atoms with Gasteiger partial charge in [0.15, 0.2) is 0 Å². The predicted octanol–water partition coefficient (Wildman–Crippen LogP) is 3.41. The summed E-state index contributed by atoms with van der Waals surface area (Å²) in [7, 11) is 0. The molecule has 8 heteroatoms. The summed E-state index contributed by atoms with van der Waals surface area (Å²) in [5, 5.41) is 24.0. The van der Waals surface area contributed by atoms with Gasteiger partial charge < -0.3 is 24.4 Å². The highest BCUT2D eigenvalue weighted by molar-refractivity contribution is 5.91. The number of ether oxygens (including phenoxy) is 3. The monoisotopic (exact) mass is 552 g/mol. The van der Waals surface area contributed by atoms with E-state index in [1.807, 2.05) is 26.8 Å². The summed E-state index contributed by atoms with van der Waals surface area (Å²) in [5.41, 5.74) is -3.74. The van der Waals surface area contributed by atoms with E-state index in [9.17, 15) is 24.6 Å². The molecular formula is C32H40O8. The molecule has 2 bridgehead atoms. The fourth-order valence-electron chi connectivity index (χ4n) is 11.0. The Kier molecular flexibility index (Phi) is 5.08. The first kappa shape index (κ1) is 26.4.